The predicted molar refractivity (Wildman–Crippen MR) is 59.2 cm³/mol. The van der Waals surface area contributed by atoms with E-state index in [4.69, 9.17) is 17.3 Å². The van der Waals surface area contributed by atoms with Crippen LogP contribution in [-0.4, -0.2) is 26.4 Å². The summed E-state index contributed by atoms with van der Waals surface area (Å²) >= 11 is 5.95. The summed E-state index contributed by atoms with van der Waals surface area (Å²) in [5, 5.41) is 0.628. The Morgan fingerprint density at radius 3 is 2.64 bits per heavy atom. The van der Waals surface area contributed by atoms with E-state index in [0.29, 0.717) is 10.6 Å². The van der Waals surface area contributed by atoms with Gasteiger partial charge in [0.05, 0.1) is 17.3 Å². The molecule has 4 heteroatoms. The average Bonchev–Trinajstić information content (AvgIpc) is 2.17. The molecule has 0 aliphatic carbocycles. The quantitative estimate of drug-likeness (QED) is 0.774. The van der Waals surface area contributed by atoms with Crippen LogP contribution < -0.4 is 10.6 Å². The molecular formula is C10H13ClN2O. The van der Waals surface area contributed by atoms with Crippen molar-refractivity contribution in [2.45, 2.75) is 0 Å². The van der Waals surface area contributed by atoms with Crippen molar-refractivity contribution in [2.24, 2.45) is 5.73 Å². The molecule has 1 aromatic rings. The van der Waals surface area contributed by atoms with E-state index >= 15 is 0 Å². The molecule has 0 unspecified atom stereocenters. The first-order valence-electron chi connectivity index (χ1n) is 4.26. The third-order valence-corrected chi connectivity index (χ3v) is 2.25. The van der Waals surface area contributed by atoms with Gasteiger partial charge in [0, 0.05) is 19.7 Å². The Kier molecular flexibility index (Phi) is 3.49. The minimum absolute atomic E-state index is 0.0223. The van der Waals surface area contributed by atoms with E-state index in [1.54, 1.807) is 18.2 Å². The Morgan fingerprint density at radius 2 is 2.14 bits per heavy atom. The largest absolute Gasteiger partial charge is 0.376 e. The number of rotatable bonds is 3. The highest BCUT2D eigenvalue weighted by molar-refractivity contribution is 6.33. The number of nitrogens with two attached hydrogens (primary N) is 1. The lowest BCUT2D eigenvalue weighted by Gasteiger charge is -2.15. The molecule has 76 valence electrons. The van der Waals surface area contributed by atoms with Crippen molar-refractivity contribution in [3.8, 4) is 0 Å². The van der Waals surface area contributed by atoms with Gasteiger partial charge in [0.2, 0.25) is 0 Å². The highest BCUT2D eigenvalue weighted by Crippen LogP contribution is 2.25. The molecule has 0 heterocycles. The molecule has 0 bridgehead atoms. The van der Waals surface area contributed by atoms with Gasteiger partial charge in [-0.25, -0.2) is 0 Å². The normalized spacial score (nSPS) is 10.0. The number of carbonyl (C=O) groups excluding carboxylic acids is 1. The van der Waals surface area contributed by atoms with E-state index in [-0.39, 0.29) is 12.3 Å². The number of nitrogens with zero attached hydrogens (tertiary/aromatic N) is 1. The Balaban J connectivity index is 3.13. The maximum absolute atomic E-state index is 11.3. The second-order valence-corrected chi connectivity index (χ2v) is 3.60. The fourth-order valence-corrected chi connectivity index (χ4v) is 1.43. The Hall–Kier alpha value is -1.06. The molecule has 0 fully saturated rings. The van der Waals surface area contributed by atoms with Crippen LogP contribution in [0.3, 0.4) is 0 Å². The fourth-order valence-electron chi connectivity index (χ4n) is 1.15. The molecule has 1 aromatic carbocycles. The SMILES string of the molecule is CN(C)c1cc(C(=O)CN)ccc1Cl. The number of Topliss-reactive ketones (excluding diaryl/α,β-unsaturated/α-hetero) is 1. The van der Waals surface area contributed by atoms with Gasteiger partial charge in [-0.3, -0.25) is 4.79 Å². The summed E-state index contributed by atoms with van der Waals surface area (Å²) in [6.45, 7) is 0.0223. The molecule has 2 N–H and O–H groups in total. The van der Waals surface area contributed by atoms with Crippen molar-refractivity contribution in [3.05, 3.63) is 28.8 Å². The second kappa shape index (κ2) is 4.44. The summed E-state index contributed by atoms with van der Waals surface area (Å²) in [7, 11) is 3.75. The first-order valence-corrected chi connectivity index (χ1v) is 4.64. The van der Waals surface area contributed by atoms with Gasteiger partial charge in [-0.15, -0.1) is 0 Å². The third kappa shape index (κ3) is 2.25. The molecule has 0 saturated heterocycles. The van der Waals surface area contributed by atoms with Crippen LogP contribution in [0.5, 0.6) is 0 Å². The standard InChI is InChI=1S/C10H13ClN2O/c1-13(2)9-5-7(10(14)6-12)3-4-8(9)11/h3-5H,6,12H2,1-2H3. The van der Waals surface area contributed by atoms with Crippen LogP contribution in [0, 0.1) is 0 Å². The van der Waals surface area contributed by atoms with Crippen LogP contribution >= 0.6 is 11.6 Å². The topological polar surface area (TPSA) is 46.3 Å². The van der Waals surface area contributed by atoms with Crippen LogP contribution in [0.15, 0.2) is 18.2 Å². The molecule has 0 saturated carbocycles. The lowest BCUT2D eigenvalue weighted by Crippen LogP contribution is -2.15. The molecule has 3 nitrogen and oxygen atoms in total. The first-order chi connectivity index (χ1) is 6.56. The molecule has 0 amide bonds. The smallest absolute Gasteiger partial charge is 0.176 e. The average molecular weight is 213 g/mol. The van der Waals surface area contributed by atoms with Crippen LogP contribution in [0.25, 0.3) is 0 Å². The van der Waals surface area contributed by atoms with Crippen LogP contribution in [-0.2, 0) is 0 Å². The number of benzene rings is 1. The van der Waals surface area contributed by atoms with Crippen molar-refractivity contribution in [1.29, 1.82) is 0 Å². The third-order valence-electron chi connectivity index (χ3n) is 1.94. The van der Waals surface area contributed by atoms with Crippen molar-refractivity contribution < 1.29 is 4.79 Å². The summed E-state index contributed by atoms with van der Waals surface area (Å²) in [5.41, 5.74) is 6.69. The van der Waals surface area contributed by atoms with Crippen molar-refractivity contribution in [1.82, 2.24) is 0 Å². The summed E-state index contributed by atoms with van der Waals surface area (Å²) in [4.78, 5) is 13.2. The zero-order valence-corrected chi connectivity index (χ0v) is 9.01. The number of halogens is 1. The predicted octanol–water partition coefficient (Wildman–Crippen LogP) is 1.55. The molecule has 0 aliphatic heterocycles. The van der Waals surface area contributed by atoms with Crippen LogP contribution in [0.1, 0.15) is 10.4 Å². The lowest BCUT2D eigenvalue weighted by molar-refractivity contribution is 0.100. The van der Waals surface area contributed by atoms with E-state index < -0.39 is 0 Å². The molecule has 0 spiro atoms. The summed E-state index contributed by atoms with van der Waals surface area (Å²) < 4.78 is 0. The van der Waals surface area contributed by atoms with Gasteiger partial charge in [0.15, 0.2) is 5.78 Å². The second-order valence-electron chi connectivity index (χ2n) is 3.19. The van der Waals surface area contributed by atoms with Crippen molar-refractivity contribution in [2.75, 3.05) is 25.5 Å². The van der Waals surface area contributed by atoms with Crippen LogP contribution in [0.2, 0.25) is 5.02 Å². The van der Waals surface area contributed by atoms with Gasteiger partial charge in [-0.2, -0.15) is 0 Å². The number of anilines is 1. The van der Waals surface area contributed by atoms with Gasteiger partial charge in [-0.05, 0) is 18.2 Å². The monoisotopic (exact) mass is 212 g/mol. The van der Waals surface area contributed by atoms with Crippen molar-refractivity contribution in [3.63, 3.8) is 0 Å². The molecule has 0 atom stereocenters. The Morgan fingerprint density at radius 1 is 1.50 bits per heavy atom. The maximum Gasteiger partial charge on any atom is 0.176 e. The molecular weight excluding hydrogens is 200 g/mol. The molecule has 0 radical (unpaired) electrons. The highest BCUT2D eigenvalue weighted by atomic mass is 35.5. The van der Waals surface area contributed by atoms with E-state index in [2.05, 4.69) is 0 Å². The zero-order chi connectivity index (χ0) is 10.7. The molecule has 0 aromatic heterocycles. The minimum atomic E-state index is -0.0789. The Bertz CT molecular complexity index is 350. The first kappa shape index (κ1) is 11.0. The number of hydrogen-bond acceptors (Lipinski definition) is 3. The summed E-state index contributed by atoms with van der Waals surface area (Å²) in [6, 6.07) is 5.14. The van der Waals surface area contributed by atoms with E-state index in [9.17, 15) is 4.79 Å². The van der Waals surface area contributed by atoms with Gasteiger partial charge >= 0.3 is 0 Å². The van der Waals surface area contributed by atoms with Gasteiger partial charge in [-0.1, -0.05) is 11.6 Å². The number of ketones is 1. The minimum Gasteiger partial charge on any atom is -0.376 e. The summed E-state index contributed by atoms with van der Waals surface area (Å²) in [6.07, 6.45) is 0. The van der Waals surface area contributed by atoms with E-state index in [1.165, 1.54) is 0 Å². The Labute approximate surface area is 88.5 Å². The molecule has 0 aliphatic rings. The van der Waals surface area contributed by atoms with E-state index in [1.807, 2.05) is 19.0 Å². The maximum atomic E-state index is 11.3. The molecule has 14 heavy (non-hydrogen) atoms. The van der Waals surface area contributed by atoms with Crippen molar-refractivity contribution >= 4 is 23.1 Å². The lowest BCUT2D eigenvalue weighted by atomic mass is 10.1. The summed E-state index contributed by atoms with van der Waals surface area (Å²) in [5.74, 6) is -0.0789. The van der Waals surface area contributed by atoms with Crippen LogP contribution in [0.4, 0.5) is 5.69 Å². The molecule has 1 rings (SSSR count). The fraction of sp³-hybridized carbons (Fsp3) is 0.300. The number of hydrogen-bond donors (Lipinski definition) is 1. The van der Waals surface area contributed by atoms with Gasteiger partial charge in [0.25, 0.3) is 0 Å². The number of carbonyl (C=O) groups is 1. The van der Waals surface area contributed by atoms with Gasteiger partial charge in [0.1, 0.15) is 0 Å². The zero-order valence-electron chi connectivity index (χ0n) is 8.25. The van der Waals surface area contributed by atoms with E-state index in [0.717, 1.165) is 5.69 Å². The van der Waals surface area contributed by atoms with Gasteiger partial charge < -0.3 is 10.6 Å². The highest BCUT2D eigenvalue weighted by Gasteiger charge is 2.08.